The molecule has 3 rings (SSSR count). The molecule has 0 saturated carbocycles. The zero-order valence-electron chi connectivity index (χ0n) is 14.3. The van der Waals surface area contributed by atoms with Gasteiger partial charge >= 0.3 is 5.97 Å². The van der Waals surface area contributed by atoms with Gasteiger partial charge in [-0.3, -0.25) is 14.9 Å². The van der Waals surface area contributed by atoms with Crippen LogP contribution in [-0.4, -0.2) is 20.9 Å². The molecule has 0 aliphatic heterocycles. The number of benzene rings is 1. The van der Waals surface area contributed by atoms with Gasteiger partial charge < -0.3 is 9.72 Å². The molecule has 0 amide bonds. The van der Waals surface area contributed by atoms with E-state index >= 15 is 0 Å². The molecule has 134 valence electrons. The third kappa shape index (κ3) is 3.08. The van der Waals surface area contributed by atoms with E-state index in [-0.39, 0.29) is 29.2 Å². The highest BCUT2D eigenvalue weighted by Gasteiger charge is 2.24. The lowest BCUT2D eigenvalue weighted by Gasteiger charge is -2.07. The Hall–Kier alpha value is -3.07. The van der Waals surface area contributed by atoms with Gasteiger partial charge in [0.2, 0.25) is 0 Å². The predicted octanol–water partition coefficient (Wildman–Crippen LogP) is 3.18. The lowest BCUT2D eigenvalue weighted by atomic mass is 10.1. The first-order valence-electron chi connectivity index (χ1n) is 7.69. The molecule has 0 spiro atoms. The van der Waals surface area contributed by atoms with Crippen LogP contribution in [0.3, 0.4) is 0 Å². The van der Waals surface area contributed by atoms with Gasteiger partial charge in [-0.25, -0.2) is 9.78 Å². The highest BCUT2D eigenvalue weighted by molar-refractivity contribution is 7.18. The third-order valence-electron chi connectivity index (χ3n) is 4.08. The summed E-state index contributed by atoms with van der Waals surface area (Å²) in [5.41, 5.74) is 0.577. The summed E-state index contributed by atoms with van der Waals surface area (Å²) >= 11 is 1.39. The number of ether oxygens (including phenoxy) is 1. The smallest absolute Gasteiger partial charge is 0.345 e. The first-order valence-corrected chi connectivity index (χ1v) is 8.51. The van der Waals surface area contributed by atoms with Crippen LogP contribution in [0.2, 0.25) is 0 Å². The Morgan fingerprint density at radius 3 is 2.77 bits per heavy atom. The standard InChI is InChI=1S/C17H15N3O5S/c1-8-5-4-6-11(20(23)24)13(8)17(22)25-7-12-18-15(21)14-9(2)10(3)26-16(14)19-12/h4-6H,7H2,1-3H3,(H,18,19,21). The van der Waals surface area contributed by atoms with Crippen molar-refractivity contribution in [2.75, 3.05) is 0 Å². The van der Waals surface area contributed by atoms with E-state index < -0.39 is 10.9 Å². The molecule has 2 heterocycles. The zero-order valence-corrected chi connectivity index (χ0v) is 15.1. The summed E-state index contributed by atoms with van der Waals surface area (Å²) in [6.45, 7) is 5.05. The molecule has 0 unspecified atom stereocenters. The normalized spacial score (nSPS) is 10.9. The first-order chi connectivity index (χ1) is 12.3. The molecule has 0 radical (unpaired) electrons. The number of aromatic nitrogens is 2. The fourth-order valence-electron chi connectivity index (χ4n) is 2.64. The Morgan fingerprint density at radius 1 is 1.35 bits per heavy atom. The summed E-state index contributed by atoms with van der Waals surface area (Å²) in [4.78, 5) is 43.5. The summed E-state index contributed by atoms with van der Waals surface area (Å²) < 4.78 is 5.16. The van der Waals surface area contributed by atoms with Crippen molar-refractivity contribution in [2.24, 2.45) is 0 Å². The Labute approximate surface area is 151 Å². The monoisotopic (exact) mass is 373 g/mol. The minimum absolute atomic E-state index is 0.108. The van der Waals surface area contributed by atoms with Crippen molar-refractivity contribution in [3.8, 4) is 0 Å². The summed E-state index contributed by atoms with van der Waals surface area (Å²) in [7, 11) is 0. The lowest BCUT2D eigenvalue weighted by Crippen LogP contribution is -2.15. The minimum Gasteiger partial charge on any atom is -0.454 e. The molecule has 3 aromatic rings. The second kappa shape index (κ2) is 6.68. The largest absolute Gasteiger partial charge is 0.454 e. The number of hydrogen-bond acceptors (Lipinski definition) is 7. The van der Waals surface area contributed by atoms with Gasteiger partial charge in [0.1, 0.15) is 22.8 Å². The molecule has 0 atom stereocenters. The molecule has 0 aliphatic rings. The average Bonchev–Trinajstić information content (AvgIpc) is 2.87. The van der Waals surface area contributed by atoms with Crippen LogP contribution in [0.25, 0.3) is 10.2 Å². The van der Waals surface area contributed by atoms with Gasteiger partial charge in [-0.15, -0.1) is 11.3 Å². The number of nitrogens with zero attached hydrogens (tertiary/aromatic N) is 2. The number of H-pyrrole nitrogens is 1. The molecule has 0 bridgehead atoms. The van der Waals surface area contributed by atoms with E-state index in [0.717, 1.165) is 10.4 Å². The second-order valence-corrected chi connectivity index (χ2v) is 6.98. The van der Waals surface area contributed by atoms with Crippen molar-refractivity contribution < 1.29 is 14.5 Å². The number of esters is 1. The summed E-state index contributed by atoms with van der Waals surface area (Å²) in [5.74, 6) is -0.649. The van der Waals surface area contributed by atoms with E-state index in [4.69, 9.17) is 4.74 Å². The summed E-state index contributed by atoms with van der Waals surface area (Å²) in [5, 5.41) is 11.6. The van der Waals surface area contributed by atoms with E-state index in [1.54, 1.807) is 13.0 Å². The van der Waals surface area contributed by atoms with Crippen LogP contribution >= 0.6 is 11.3 Å². The van der Waals surface area contributed by atoms with E-state index in [9.17, 15) is 19.7 Å². The van der Waals surface area contributed by atoms with E-state index in [2.05, 4.69) is 9.97 Å². The van der Waals surface area contributed by atoms with Crippen molar-refractivity contribution in [3.05, 3.63) is 66.1 Å². The maximum absolute atomic E-state index is 12.3. The van der Waals surface area contributed by atoms with Gasteiger partial charge in [0.15, 0.2) is 0 Å². The number of nitro groups is 1. The Balaban J connectivity index is 1.88. The van der Waals surface area contributed by atoms with Crippen LogP contribution in [0.1, 0.15) is 32.2 Å². The van der Waals surface area contributed by atoms with E-state index in [1.165, 1.54) is 23.5 Å². The Bertz CT molecular complexity index is 1100. The number of thiophene rings is 1. The fraction of sp³-hybridized carbons (Fsp3) is 0.235. The summed E-state index contributed by atoms with van der Waals surface area (Å²) in [6, 6.07) is 4.33. The Kier molecular flexibility index (Phi) is 4.56. The van der Waals surface area contributed by atoms with Gasteiger partial charge in [-0.05, 0) is 31.9 Å². The van der Waals surface area contributed by atoms with Gasteiger partial charge in [-0.2, -0.15) is 0 Å². The van der Waals surface area contributed by atoms with Gasteiger partial charge in [0.25, 0.3) is 11.2 Å². The number of aryl methyl sites for hydroxylation is 3. The molecule has 0 saturated heterocycles. The number of aromatic amines is 1. The number of carbonyl (C=O) groups is 1. The van der Waals surface area contributed by atoms with Crippen LogP contribution in [0.15, 0.2) is 23.0 Å². The molecule has 8 nitrogen and oxygen atoms in total. The molecule has 0 aliphatic carbocycles. The SMILES string of the molecule is Cc1cccc([N+](=O)[O-])c1C(=O)OCc1nc2sc(C)c(C)c2c(=O)[nH]1. The molecule has 1 aromatic carbocycles. The number of carbonyl (C=O) groups excluding carboxylic acids is 1. The van der Waals surface area contributed by atoms with Crippen molar-refractivity contribution in [3.63, 3.8) is 0 Å². The third-order valence-corrected chi connectivity index (χ3v) is 5.18. The highest BCUT2D eigenvalue weighted by atomic mass is 32.1. The van der Waals surface area contributed by atoms with Crippen molar-refractivity contribution >= 4 is 33.2 Å². The molecular formula is C17H15N3O5S. The molecule has 2 aromatic heterocycles. The van der Waals surface area contributed by atoms with Crippen LogP contribution in [0, 0.1) is 30.9 Å². The molecule has 9 heteroatoms. The van der Waals surface area contributed by atoms with E-state index in [0.29, 0.717) is 15.8 Å². The topological polar surface area (TPSA) is 115 Å². The van der Waals surface area contributed by atoms with Crippen molar-refractivity contribution in [2.45, 2.75) is 27.4 Å². The quantitative estimate of drug-likeness (QED) is 0.427. The van der Waals surface area contributed by atoms with Crippen LogP contribution in [-0.2, 0) is 11.3 Å². The maximum Gasteiger partial charge on any atom is 0.345 e. The molecular weight excluding hydrogens is 358 g/mol. The second-order valence-electron chi connectivity index (χ2n) is 5.78. The highest BCUT2D eigenvalue weighted by Crippen LogP contribution is 2.26. The van der Waals surface area contributed by atoms with Gasteiger partial charge in [0, 0.05) is 10.9 Å². The number of nitrogens with one attached hydrogen (secondary N) is 1. The molecule has 1 N–H and O–H groups in total. The van der Waals surface area contributed by atoms with Gasteiger partial charge in [-0.1, -0.05) is 12.1 Å². The molecule has 0 fully saturated rings. The molecule has 26 heavy (non-hydrogen) atoms. The first kappa shape index (κ1) is 17.7. The summed E-state index contributed by atoms with van der Waals surface area (Å²) in [6.07, 6.45) is 0. The lowest BCUT2D eigenvalue weighted by molar-refractivity contribution is -0.385. The number of nitro benzene ring substituents is 1. The van der Waals surface area contributed by atoms with Crippen LogP contribution < -0.4 is 5.56 Å². The number of rotatable bonds is 4. The van der Waals surface area contributed by atoms with Gasteiger partial charge in [0.05, 0.1) is 10.3 Å². The average molecular weight is 373 g/mol. The number of hydrogen-bond donors (Lipinski definition) is 1. The van der Waals surface area contributed by atoms with E-state index in [1.807, 2.05) is 13.8 Å². The maximum atomic E-state index is 12.3. The van der Waals surface area contributed by atoms with Crippen molar-refractivity contribution in [1.82, 2.24) is 9.97 Å². The van der Waals surface area contributed by atoms with Crippen LogP contribution in [0.4, 0.5) is 5.69 Å². The van der Waals surface area contributed by atoms with Crippen LogP contribution in [0.5, 0.6) is 0 Å². The Morgan fingerprint density at radius 2 is 2.08 bits per heavy atom. The predicted molar refractivity (Wildman–Crippen MR) is 96.7 cm³/mol. The van der Waals surface area contributed by atoms with Crippen molar-refractivity contribution in [1.29, 1.82) is 0 Å². The minimum atomic E-state index is -0.837. The zero-order chi connectivity index (χ0) is 19.0. The fourth-order valence-corrected chi connectivity index (χ4v) is 3.69. The number of fused-ring (bicyclic) bond motifs is 1.